The lowest BCUT2D eigenvalue weighted by molar-refractivity contribution is 0.180. The SMILES string of the molecule is CCC(C)C1CN(Cc2ccc(OC)cc2)C(C)CCN1. The van der Waals surface area contributed by atoms with Crippen molar-refractivity contribution in [1.82, 2.24) is 10.2 Å². The Morgan fingerprint density at radius 2 is 2.05 bits per heavy atom. The molecular weight excluding hydrogens is 260 g/mol. The molecule has 0 radical (unpaired) electrons. The van der Waals surface area contributed by atoms with Crippen LogP contribution in [0.25, 0.3) is 0 Å². The second kappa shape index (κ2) is 7.81. The van der Waals surface area contributed by atoms with Crippen molar-refractivity contribution < 1.29 is 4.74 Å². The zero-order chi connectivity index (χ0) is 15.2. The van der Waals surface area contributed by atoms with Crippen LogP contribution in [0.4, 0.5) is 0 Å². The molecule has 3 unspecified atom stereocenters. The van der Waals surface area contributed by atoms with E-state index in [1.807, 2.05) is 0 Å². The van der Waals surface area contributed by atoms with Gasteiger partial charge in [0, 0.05) is 25.2 Å². The van der Waals surface area contributed by atoms with Crippen LogP contribution >= 0.6 is 0 Å². The first-order chi connectivity index (χ1) is 10.1. The Bertz CT molecular complexity index is 418. The number of nitrogens with one attached hydrogen (secondary N) is 1. The average Bonchev–Trinajstić information content (AvgIpc) is 2.69. The van der Waals surface area contributed by atoms with Gasteiger partial charge < -0.3 is 10.1 Å². The van der Waals surface area contributed by atoms with Crippen LogP contribution in [-0.2, 0) is 6.54 Å². The fourth-order valence-electron chi connectivity index (χ4n) is 3.01. The van der Waals surface area contributed by atoms with E-state index in [-0.39, 0.29) is 0 Å². The minimum atomic E-state index is 0.609. The molecule has 1 aliphatic heterocycles. The highest BCUT2D eigenvalue weighted by Crippen LogP contribution is 2.19. The normalized spacial score (nSPS) is 25.3. The highest BCUT2D eigenvalue weighted by molar-refractivity contribution is 5.27. The number of nitrogens with zero attached hydrogens (tertiary/aromatic N) is 1. The molecule has 0 amide bonds. The molecule has 1 aromatic rings. The third-order valence-corrected chi connectivity index (χ3v) is 4.90. The standard InChI is InChI=1S/C18H30N2O/c1-5-14(2)18-13-20(15(3)10-11-19-18)12-16-6-8-17(21-4)9-7-16/h6-9,14-15,18-19H,5,10-13H2,1-4H3. The van der Waals surface area contributed by atoms with E-state index >= 15 is 0 Å². The third kappa shape index (κ3) is 4.45. The highest BCUT2D eigenvalue weighted by atomic mass is 16.5. The molecular formula is C18H30N2O. The van der Waals surface area contributed by atoms with Crippen molar-refractivity contribution in [3.8, 4) is 5.75 Å². The summed E-state index contributed by atoms with van der Waals surface area (Å²) in [6.07, 6.45) is 2.46. The molecule has 0 aromatic heterocycles. The van der Waals surface area contributed by atoms with Crippen LogP contribution in [0.15, 0.2) is 24.3 Å². The van der Waals surface area contributed by atoms with Crippen molar-refractivity contribution in [2.45, 2.75) is 52.2 Å². The number of ether oxygens (including phenoxy) is 1. The van der Waals surface area contributed by atoms with Crippen molar-refractivity contribution >= 4 is 0 Å². The van der Waals surface area contributed by atoms with Crippen LogP contribution in [-0.4, -0.2) is 37.2 Å². The molecule has 1 N–H and O–H groups in total. The zero-order valence-electron chi connectivity index (χ0n) is 13.9. The molecule has 0 spiro atoms. The Morgan fingerprint density at radius 3 is 2.67 bits per heavy atom. The van der Waals surface area contributed by atoms with Gasteiger partial charge in [0.2, 0.25) is 0 Å². The quantitative estimate of drug-likeness (QED) is 0.900. The highest BCUT2D eigenvalue weighted by Gasteiger charge is 2.25. The summed E-state index contributed by atoms with van der Waals surface area (Å²) >= 11 is 0. The molecule has 3 nitrogen and oxygen atoms in total. The first-order valence-electron chi connectivity index (χ1n) is 8.24. The predicted octanol–water partition coefficient (Wildman–Crippen LogP) is 3.29. The van der Waals surface area contributed by atoms with Crippen molar-refractivity contribution in [3.63, 3.8) is 0 Å². The fraction of sp³-hybridized carbons (Fsp3) is 0.667. The summed E-state index contributed by atoms with van der Waals surface area (Å²) in [6.45, 7) is 10.3. The minimum Gasteiger partial charge on any atom is -0.497 e. The summed E-state index contributed by atoms with van der Waals surface area (Å²) in [6, 6.07) is 9.72. The van der Waals surface area contributed by atoms with Gasteiger partial charge in [0.15, 0.2) is 0 Å². The summed E-state index contributed by atoms with van der Waals surface area (Å²) in [5.74, 6) is 1.66. The molecule has 0 aliphatic carbocycles. The molecule has 1 aliphatic rings. The number of rotatable bonds is 5. The van der Waals surface area contributed by atoms with Crippen LogP contribution in [0.1, 0.15) is 39.2 Å². The molecule has 1 aromatic carbocycles. The van der Waals surface area contributed by atoms with E-state index < -0.39 is 0 Å². The summed E-state index contributed by atoms with van der Waals surface area (Å²) in [5, 5.41) is 3.74. The number of benzene rings is 1. The van der Waals surface area contributed by atoms with E-state index in [0.717, 1.165) is 31.3 Å². The van der Waals surface area contributed by atoms with Gasteiger partial charge in [0.25, 0.3) is 0 Å². The fourth-order valence-corrected chi connectivity index (χ4v) is 3.01. The molecule has 3 atom stereocenters. The molecule has 1 heterocycles. The molecule has 1 fully saturated rings. The van der Waals surface area contributed by atoms with E-state index in [1.54, 1.807) is 7.11 Å². The Morgan fingerprint density at radius 1 is 1.33 bits per heavy atom. The first kappa shape index (κ1) is 16.3. The molecule has 21 heavy (non-hydrogen) atoms. The summed E-state index contributed by atoms with van der Waals surface area (Å²) < 4.78 is 5.24. The number of hydrogen-bond donors (Lipinski definition) is 1. The average molecular weight is 290 g/mol. The topological polar surface area (TPSA) is 24.5 Å². The van der Waals surface area contributed by atoms with Crippen LogP contribution in [0, 0.1) is 5.92 Å². The lowest BCUT2D eigenvalue weighted by Crippen LogP contribution is -2.43. The first-order valence-corrected chi connectivity index (χ1v) is 8.24. The maximum Gasteiger partial charge on any atom is 0.118 e. The van der Waals surface area contributed by atoms with Gasteiger partial charge in [0.1, 0.15) is 5.75 Å². The lowest BCUT2D eigenvalue weighted by atomic mass is 9.98. The van der Waals surface area contributed by atoms with Gasteiger partial charge in [-0.05, 0) is 43.5 Å². The molecule has 0 bridgehead atoms. The number of methoxy groups -OCH3 is 1. The van der Waals surface area contributed by atoms with Crippen LogP contribution in [0.5, 0.6) is 5.75 Å². The lowest BCUT2D eigenvalue weighted by Gasteiger charge is -2.31. The Balaban J connectivity index is 2.03. The Hall–Kier alpha value is -1.06. The van der Waals surface area contributed by atoms with Gasteiger partial charge in [-0.1, -0.05) is 32.4 Å². The molecule has 3 heteroatoms. The van der Waals surface area contributed by atoms with Gasteiger partial charge in [0.05, 0.1) is 7.11 Å². The Kier molecular flexibility index (Phi) is 6.07. The van der Waals surface area contributed by atoms with Crippen LogP contribution in [0.2, 0.25) is 0 Å². The molecule has 2 rings (SSSR count). The van der Waals surface area contributed by atoms with Gasteiger partial charge in [-0.25, -0.2) is 0 Å². The Labute approximate surface area is 129 Å². The van der Waals surface area contributed by atoms with Crippen LogP contribution < -0.4 is 10.1 Å². The van der Waals surface area contributed by atoms with E-state index in [9.17, 15) is 0 Å². The van der Waals surface area contributed by atoms with Gasteiger partial charge in [-0.3, -0.25) is 4.90 Å². The molecule has 0 saturated carbocycles. The summed E-state index contributed by atoms with van der Waals surface area (Å²) in [7, 11) is 1.72. The summed E-state index contributed by atoms with van der Waals surface area (Å²) in [4.78, 5) is 2.62. The predicted molar refractivity (Wildman–Crippen MR) is 88.7 cm³/mol. The molecule has 118 valence electrons. The zero-order valence-corrected chi connectivity index (χ0v) is 13.9. The van der Waals surface area contributed by atoms with Crippen molar-refractivity contribution in [1.29, 1.82) is 0 Å². The number of hydrogen-bond acceptors (Lipinski definition) is 3. The second-order valence-electron chi connectivity index (χ2n) is 6.36. The van der Waals surface area contributed by atoms with Crippen molar-refractivity contribution in [2.24, 2.45) is 5.92 Å². The largest absolute Gasteiger partial charge is 0.497 e. The smallest absolute Gasteiger partial charge is 0.118 e. The maximum absolute atomic E-state index is 5.24. The van der Waals surface area contributed by atoms with Gasteiger partial charge >= 0.3 is 0 Å². The monoisotopic (exact) mass is 290 g/mol. The van der Waals surface area contributed by atoms with Gasteiger partial charge in [-0.2, -0.15) is 0 Å². The van der Waals surface area contributed by atoms with E-state index in [1.165, 1.54) is 18.4 Å². The van der Waals surface area contributed by atoms with E-state index in [0.29, 0.717) is 12.1 Å². The van der Waals surface area contributed by atoms with Crippen molar-refractivity contribution in [3.05, 3.63) is 29.8 Å². The second-order valence-corrected chi connectivity index (χ2v) is 6.36. The maximum atomic E-state index is 5.24. The molecule has 1 saturated heterocycles. The van der Waals surface area contributed by atoms with E-state index in [4.69, 9.17) is 4.74 Å². The van der Waals surface area contributed by atoms with Crippen molar-refractivity contribution in [2.75, 3.05) is 20.2 Å². The van der Waals surface area contributed by atoms with Crippen LogP contribution in [0.3, 0.4) is 0 Å². The van der Waals surface area contributed by atoms with Gasteiger partial charge in [-0.15, -0.1) is 0 Å². The third-order valence-electron chi connectivity index (χ3n) is 4.90. The minimum absolute atomic E-state index is 0.609. The van der Waals surface area contributed by atoms with E-state index in [2.05, 4.69) is 55.3 Å². The summed E-state index contributed by atoms with van der Waals surface area (Å²) in [5.41, 5.74) is 1.37.